The molecule has 0 bridgehead atoms. The normalized spacial score (nSPS) is 18.9. The summed E-state index contributed by atoms with van der Waals surface area (Å²) >= 11 is 0. The number of hydrogen-bond acceptors (Lipinski definition) is 5. The Morgan fingerprint density at radius 3 is 2.82 bits per heavy atom. The Hall–Kier alpha value is -1.69. The molecule has 6 nitrogen and oxygen atoms in total. The minimum Gasteiger partial charge on any atom is -0.383 e. The van der Waals surface area contributed by atoms with Crippen molar-refractivity contribution in [3.05, 3.63) is 12.5 Å². The second-order valence-electron chi connectivity index (χ2n) is 4.62. The van der Waals surface area contributed by atoms with Gasteiger partial charge in [0.2, 0.25) is 0 Å². The van der Waals surface area contributed by atoms with Gasteiger partial charge in [0.15, 0.2) is 5.65 Å². The van der Waals surface area contributed by atoms with Gasteiger partial charge < -0.3 is 10.6 Å². The SMILES string of the molecule is CN1CCC(n2ncc3c(N)ncnc32)CC1. The zero-order chi connectivity index (χ0) is 11.8. The Morgan fingerprint density at radius 2 is 2.06 bits per heavy atom. The maximum Gasteiger partial charge on any atom is 0.163 e. The summed E-state index contributed by atoms with van der Waals surface area (Å²) in [5.41, 5.74) is 6.66. The van der Waals surface area contributed by atoms with Gasteiger partial charge in [0.1, 0.15) is 12.1 Å². The van der Waals surface area contributed by atoms with Crippen molar-refractivity contribution in [3.63, 3.8) is 0 Å². The molecule has 0 saturated carbocycles. The van der Waals surface area contributed by atoms with Gasteiger partial charge in [-0.2, -0.15) is 5.10 Å². The van der Waals surface area contributed by atoms with Crippen LogP contribution in [0.25, 0.3) is 11.0 Å². The van der Waals surface area contributed by atoms with Crippen molar-refractivity contribution >= 4 is 16.9 Å². The van der Waals surface area contributed by atoms with Crippen molar-refractivity contribution in [1.82, 2.24) is 24.6 Å². The molecule has 1 aliphatic heterocycles. The minimum absolute atomic E-state index is 0.429. The first-order valence-corrected chi connectivity index (χ1v) is 5.88. The summed E-state index contributed by atoms with van der Waals surface area (Å²) in [7, 11) is 2.15. The topological polar surface area (TPSA) is 72.9 Å². The fraction of sp³-hybridized carbons (Fsp3) is 0.545. The van der Waals surface area contributed by atoms with Crippen LogP contribution in [-0.2, 0) is 0 Å². The van der Waals surface area contributed by atoms with Gasteiger partial charge in [0.05, 0.1) is 17.6 Å². The lowest BCUT2D eigenvalue weighted by Gasteiger charge is -2.29. The van der Waals surface area contributed by atoms with Crippen molar-refractivity contribution < 1.29 is 0 Å². The number of aromatic nitrogens is 4. The van der Waals surface area contributed by atoms with Crippen molar-refractivity contribution in [3.8, 4) is 0 Å². The zero-order valence-corrected chi connectivity index (χ0v) is 9.87. The zero-order valence-electron chi connectivity index (χ0n) is 9.87. The minimum atomic E-state index is 0.429. The molecule has 0 spiro atoms. The van der Waals surface area contributed by atoms with E-state index in [1.54, 1.807) is 6.20 Å². The first-order valence-electron chi connectivity index (χ1n) is 5.88. The Labute approximate surface area is 99.4 Å². The Kier molecular flexibility index (Phi) is 2.44. The van der Waals surface area contributed by atoms with Gasteiger partial charge in [-0.15, -0.1) is 0 Å². The van der Waals surface area contributed by atoms with E-state index in [1.807, 2.05) is 4.68 Å². The third kappa shape index (κ3) is 1.74. The molecule has 1 saturated heterocycles. The highest BCUT2D eigenvalue weighted by molar-refractivity contribution is 5.84. The molecule has 0 radical (unpaired) electrons. The molecule has 1 fully saturated rings. The van der Waals surface area contributed by atoms with Gasteiger partial charge in [0.25, 0.3) is 0 Å². The van der Waals surface area contributed by atoms with Crippen LogP contribution < -0.4 is 5.73 Å². The molecular formula is C11H16N6. The van der Waals surface area contributed by atoms with Crippen molar-refractivity contribution in [2.45, 2.75) is 18.9 Å². The summed E-state index contributed by atoms with van der Waals surface area (Å²) in [6.45, 7) is 2.21. The Bertz CT molecular complexity index is 526. The predicted molar refractivity (Wildman–Crippen MR) is 65.5 cm³/mol. The lowest BCUT2D eigenvalue weighted by molar-refractivity contribution is 0.215. The van der Waals surface area contributed by atoms with Crippen LogP contribution in [-0.4, -0.2) is 44.8 Å². The number of rotatable bonds is 1. The number of nitrogen functional groups attached to an aromatic ring is 1. The quantitative estimate of drug-likeness (QED) is 0.782. The highest BCUT2D eigenvalue weighted by atomic mass is 15.3. The standard InChI is InChI=1S/C11H16N6/c1-16-4-2-8(3-5-16)17-11-9(6-15-17)10(12)13-7-14-11/h6-8H,2-5H2,1H3,(H2,12,13,14). The summed E-state index contributed by atoms with van der Waals surface area (Å²) in [6, 6.07) is 0.429. The summed E-state index contributed by atoms with van der Waals surface area (Å²) in [6.07, 6.45) is 5.49. The number of nitrogens with two attached hydrogens (primary N) is 1. The summed E-state index contributed by atoms with van der Waals surface area (Å²) < 4.78 is 2.00. The number of fused-ring (bicyclic) bond motifs is 1. The monoisotopic (exact) mass is 232 g/mol. The second-order valence-corrected chi connectivity index (χ2v) is 4.62. The predicted octanol–water partition coefficient (Wildman–Crippen LogP) is 0.675. The van der Waals surface area contributed by atoms with E-state index < -0.39 is 0 Å². The third-order valence-electron chi connectivity index (χ3n) is 3.46. The molecule has 2 N–H and O–H groups in total. The molecule has 6 heteroatoms. The largest absolute Gasteiger partial charge is 0.383 e. The van der Waals surface area contributed by atoms with Gasteiger partial charge in [-0.1, -0.05) is 0 Å². The highest BCUT2D eigenvalue weighted by Crippen LogP contribution is 2.25. The molecule has 90 valence electrons. The van der Waals surface area contributed by atoms with Crippen LogP contribution in [0.15, 0.2) is 12.5 Å². The molecule has 0 unspecified atom stereocenters. The van der Waals surface area contributed by atoms with E-state index in [2.05, 4.69) is 27.0 Å². The van der Waals surface area contributed by atoms with Crippen LogP contribution in [0.4, 0.5) is 5.82 Å². The molecule has 17 heavy (non-hydrogen) atoms. The molecule has 1 aliphatic rings. The van der Waals surface area contributed by atoms with Gasteiger partial charge in [-0.05, 0) is 33.0 Å². The fourth-order valence-electron chi connectivity index (χ4n) is 2.39. The molecule has 0 aliphatic carbocycles. The Balaban J connectivity index is 1.98. The average molecular weight is 232 g/mol. The lowest BCUT2D eigenvalue weighted by Crippen LogP contribution is -2.31. The number of anilines is 1. The van der Waals surface area contributed by atoms with Crippen LogP contribution in [0.1, 0.15) is 18.9 Å². The lowest BCUT2D eigenvalue weighted by atomic mass is 10.1. The van der Waals surface area contributed by atoms with E-state index in [0.717, 1.165) is 37.0 Å². The van der Waals surface area contributed by atoms with E-state index >= 15 is 0 Å². The summed E-state index contributed by atoms with van der Waals surface area (Å²) in [5, 5.41) is 5.27. The number of hydrogen-bond donors (Lipinski definition) is 1. The molecule has 3 rings (SSSR count). The van der Waals surface area contributed by atoms with E-state index in [0.29, 0.717) is 11.9 Å². The molecule has 0 amide bonds. The second kappa shape index (κ2) is 3.96. The van der Waals surface area contributed by atoms with Gasteiger partial charge in [0, 0.05) is 0 Å². The van der Waals surface area contributed by atoms with E-state index in [4.69, 9.17) is 5.73 Å². The smallest absolute Gasteiger partial charge is 0.163 e. The molecule has 3 heterocycles. The number of nitrogens with zero attached hydrogens (tertiary/aromatic N) is 5. The number of piperidine rings is 1. The maximum absolute atomic E-state index is 5.81. The van der Waals surface area contributed by atoms with E-state index in [9.17, 15) is 0 Å². The molecule has 2 aromatic rings. The molecular weight excluding hydrogens is 216 g/mol. The average Bonchev–Trinajstić information content (AvgIpc) is 2.75. The maximum atomic E-state index is 5.81. The van der Waals surface area contributed by atoms with Crippen LogP contribution in [0.3, 0.4) is 0 Å². The molecule has 0 atom stereocenters. The molecule has 2 aromatic heterocycles. The van der Waals surface area contributed by atoms with Crippen LogP contribution in [0, 0.1) is 0 Å². The van der Waals surface area contributed by atoms with Crippen LogP contribution in [0.2, 0.25) is 0 Å². The van der Waals surface area contributed by atoms with Gasteiger partial charge in [-0.3, -0.25) is 0 Å². The van der Waals surface area contributed by atoms with E-state index in [-0.39, 0.29) is 0 Å². The van der Waals surface area contributed by atoms with Crippen molar-refractivity contribution in [2.75, 3.05) is 25.9 Å². The molecule has 0 aromatic carbocycles. The summed E-state index contributed by atoms with van der Waals surface area (Å²) in [5.74, 6) is 0.508. The third-order valence-corrected chi connectivity index (χ3v) is 3.46. The van der Waals surface area contributed by atoms with Crippen molar-refractivity contribution in [1.29, 1.82) is 0 Å². The van der Waals surface area contributed by atoms with Crippen LogP contribution >= 0.6 is 0 Å². The highest BCUT2D eigenvalue weighted by Gasteiger charge is 2.21. The van der Waals surface area contributed by atoms with Gasteiger partial charge in [-0.25, -0.2) is 14.6 Å². The Morgan fingerprint density at radius 1 is 1.29 bits per heavy atom. The van der Waals surface area contributed by atoms with Crippen molar-refractivity contribution in [2.24, 2.45) is 0 Å². The number of likely N-dealkylation sites (tertiary alicyclic amines) is 1. The van der Waals surface area contributed by atoms with Crippen LogP contribution in [0.5, 0.6) is 0 Å². The first-order chi connectivity index (χ1) is 8.25. The first kappa shape index (κ1) is 10.5. The summed E-state index contributed by atoms with van der Waals surface area (Å²) in [4.78, 5) is 10.6. The van der Waals surface area contributed by atoms with Gasteiger partial charge >= 0.3 is 0 Å². The van der Waals surface area contributed by atoms with E-state index in [1.165, 1.54) is 6.33 Å². The fourth-order valence-corrected chi connectivity index (χ4v) is 2.39.